The Balaban J connectivity index is 1.66. The first-order chi connectivity index (χ1) is 11.1. The molecule has 0 unspecified atom stereocenters. The average molecular weight is 309 g/mol. The highest BCUT2D eigenvalue weighted by Gasteiger charge is 2.08. The van der Waals surface area contributed by atoms with Crippen LogP contribution in [-0.4, -0.2) is 21.0 Å². The molecule has 2 N–H and O–H groups in total. The highest BCUT2D eigenvalue weighted by molar-refractivity contribution is 6.03. The normalized spacial score (nSPS) is 10.3. The number of nitrogens with one attached hydrogen (secondary N) is 2. The fraction of sp³-hybridized carbons (Fsp3) is 0.125. The number of aryl methyl sites for hydroxylation is 2. The number of carbonyl (C=O) groups is 1. The Morgan fingerprint density at radius 3 is 2.39 bits per heavy atom. The van der Waals surface area contributed by atoms with Crippen molar-refractivity contribution >= 4 is 23.4 Å². The maximum absolute atomic E-state index is 12.1. The minimum absolute atomic E-state index is 0.266. The Morgan fingerprint density at radius 2 is 1.78 bits per heavy atom. The van der Waals surface area contributed by atoms with Crippen molar-refractivity contribution in [2.75, 3.05) is 10.6 Å². The van der Waals surface area contributed by atoms with E-state index in [1.165, 1.54) is 12.4 Å². The molecule has 0 saturated heterocycles. The van der Waals surface area contributed by atoms with Crippen molar-refractivity contribution in [3.05, 3.63) is 59.6 Å². The standard InChI is InChI=1S/C16H15N5O2/c1-10-3-5-13(6-4-10)19-15(22)12-8-17-16(18-9-12)20-14-7-11(2)23-21-14/h3-9H,1-2H3,(H,19,22)(H,17,18,20,21). The second-order valence-corrected chi connectivity index (χ2v) is 5.06. The second kappa shape index (κ2) is 6.27. The van der Waals surface area contributed by atoms with E-state index in [0.29, 0.717) is 23.1 Å². The van der Waals surface area contributed by atoms with E-state index in [9.17, 15) is 4.79 Å². The first-order valence-corrected chi connectivity index (χ1v) is 7.00. The van der Waals surface area contributed by atoms with Gasteiger partial charge in [-0.3, -0.25) is 4.79 Å². The summed E-state index contributed by atoms with van der Waals surface area (Å²) in [7, 11) is 0. The van der Waals surface area contributed by atoms with E-state index in [0.717, 1.165) is 11.3 Å². The van der Waals surface area contributed by atoms with Crippen LogP contribution in [0, 0.1) is 13.8 Å². The van der Waals surface area contributed by atoms with Crippen molar-refractivity contribution < 1.29 is 9.32 Å². The molecule has 0 saturated carbocycles. The van der Waals surface area contributed by atoms with E-state index in [2.05, 4.69) is 25.8 Å². The van der Waals surface area contributed by atoms with E-state index < -0.39 is 0 Å². The predicted octanol–water partition coefficient (Wildman–Crippen LogP) is 3.08. The van der Waals surface area contributed by atoms with Gasteiger partial charge in [0.1, 0.15) is 5.76 Å². The Labute approximate surface area is 132 Å². The van der Waals surface area contributed by atoms with Crippen molar-refractivity contribution in [3.63, 3.8) is 0 Å². The summed E-state index contributed by atoms with van der Waals surface area (Å²) in [4.78, 5) is 20.3. The smallest absolute Gasteiger partial charge is 0.258 e. The SMILES string of the molecule is Cc1ccc(NC(=O)c2cnc(Nc3cc(C)on3)nc2)cc1. The predicted molar refractivity (Wildman–Crippen MR) is 85.7 cm³/mol. The molecular weight excluding hydrogens is 294 g/mol. The zero-order chi connectivity index (χ0) is 16.2. The molecular formula is C16H15N5O2. The molecule has 0 atom stereocenters. The third-order valence-corrected chi connectivity index (χ3v) is 3.09. The van der Waals surface area contributed by atoms with Crippen LogP contribution in [0.5, 0.6) is 0 Å². The zero-order valence-electron chi connectivity index (χ0n) is 12.7. The number of amides is 1. The molecule has 0 bridgehead atoms. The lowest BCUT2D eigenvalue weighted by molar-refractivity contribution is 0.102. The summed E-state index contributed by atoms with van der Waals surface area (Å²) in [6.07, 6.45) is 2.90. The summed E-state index contributed by atoms with van der Waals surface area (Å²) < 4.78 is 4.94. The largest absolute Gasteiger partial charge is 0.360 e. The Bertz CT molecular complexity index is 809. The van der Waals surface area contributed by atoms with Gasteiger partial charge in [-0.2, -0.15) is 0 Å². The van der Waals surface area contributed by atoms with Crippen LogP contribution in [0.25, 0.3) is 0 Å². The summed E-state index contributed by atoms with van der Waals surface area (Å²) in [5.74, 6) is 1.27. The molecule has 1 aromatic carbocycles. The van der Waals surface area contributed by atoms with Gasteiger partial charge in [0, 0.05) is 24.1 Å². The third-order valence-electron chi connectivity index (χ3n) is 3.09. The van der Waals surface area contributed by atoms with E-state index in [1.54, 1.807) is 13.0 Å². The third kappa shape index (κ3) is 3.70. The molecule has 0 radical (unpaired) electrons. The lowest BCUT2D eigenvalue weighted by Crippen LogP contribution is -2.13. The summed E-state index contributed by atoms with van der Waals surface area (Å²) in [5, 5.41) is 9.47. The molecule has 7 heteroatoms. The van der Waals surface area contributed by atoms with Crippen molar-refractivity contribution in [2.45, 2.75) is 13.8 Å². The number of rotatable bonds is 4. The van der Waals surface area contributed by atoms with Crippen LogP contribution in [0.1, 0.15) is 21.7 Å². The Morgan fingerprint density at radius 1 is 1.09 bits per heavy atom. The van der Waals surface area contributed by atoms with Crippen LogP contribution in [-0.2, 0) is 0 Å². The van der Waals surface area contributed by atoms with Gasteiger partial charge in [-0.05, 0) is 26.0 Å². The highest BCUT2D eigenvalue weighted by atomic mass is 16.5. The molecule has 0 aliphatic heterocycles. The van der Waals surface area contributed by atoms with E-state index in [4.69, 9.17) is 4.52 Å². The second-order valence-electron chi connectivity index (χ2n) is 5.06. The number of benzene rings is 1. The van der Waals surface area contributed by atoms with Gasteiger partial charge >= 0.3 is 0 Å². The van der Waals surface area contributed by atoms with Crippen LogP contribution in [0.15, 0.2) is 47.2 Å². The van der Waals surface area contributed by atoms with Crippen molar-refractivity contribution in [1.29, 1.82) is 0 Å². The van der Waals surface area contributed by atoms with Crippen LogP contribution >= 0.6 is 0 Å². The molecule has 116 valence electrons. The first kappa shape index (κ1) is 14.7. The number of hydrogen-bond acceptors (Lipinski definition) is 6. The van der Waals surface area contributed by atoms with Crippen LogP contribution in [0.4, 0.5) is 17.5 Å². The Kier molecular flexibility index (Phi) is 4.01. The van der Waals surface area contributed by atoms with Gasteiger partial charge < -0.3 is 15.2 Å². The van der Waals surface area contributed by atoms with Crippen LogP contribution < -0.4 is 10.6 Å². The molecule has 3 rings (SSSR count). The fourth-order valence-electron chi connectivity index (χ4n) is 1.89. The monoisotopic (exact) mass is 309 g/mol. The number of carbonyl (C=O) groups excluding carboxylic acids is 1. The molecule has 3 aromatic rings. The maximum atomic E-state index is 12.1. The van der Waals surface area contributed by atoms with Gasteiger partial charge in [0.15, 0.2) is 5.82 Å². The van der Waals surface area contributed by atoms with Gasteiger partial charge in [0.05, 0.1) is 5.56 Å². The highest BCUT2D eigenvalue weighted by Crippen LogP contribution is 2.13. The van der Waals surface area contributed by atoms with Gasteiger partial charge in [0.25, 0.3) is 5.91 Å². The summed E-state index contributed by atoms with van der Waals surface area (Å²) >= 11 is 0. The molecule has 0 fully saturated rings. The van der Waals surface area contributed by atoms with E-state index in [-0.39, 0.29) is 5.91 Å². The topological polar surface area (TPSA) is 92.9 Å². The van der Waals surface area contributed by atoms with Gasteiger partial charge in [0.2, 0.25) is 5.95 Å². The van der Waals surface area contributed by atoms with Crippen molar-refractivity contribution in [3.8, 4) is 0 Å². The minimum atomic E-state index is -0.266. The minimum Gasteiger partial charge on any atom is -0.360 e. The van der Waals surface area contributed by atoms with Crippen molar-refractivity contribution in [1.82, 2.24) is 15.1 Å². The van der Waals surface area contributed by atoms with Gasteiger partial charge in [-0.25, -0.2) is 9.97 Å². The molecule has 23 heavy (non-hydrogen) atoms. The zero-order valence-corrected chi connectivity index (χ0v) is 12.7. The van der Waals surface area contributed by atoms with Gasteiger partial charge in [-0.15, -0.1) is 0 Å². The van der Waals surface area contributed by atoms with Crippen LogP contribution in [0.2, 0.25) is 0 Å². The van der Waals surface area contributed by atoms with Crippen molar-refractivity contribution in [2.24, 2.45) is 0 Å². The maximum Gasteiger partial charge on any atom is 0.258 e. The fourth-order valence-corrected chi connectivity index (χ4v) is 1.89. The Hall–Kier alpha value is -3.22. The summed E-state index contributed by atoms with van der Waals surface area (Å²) in [5.41, 5.74) is 2.22. The van der Waals surface area contributed by atoms with Crippen LogP contribution in [0.3, 0.4) is 0 Å². The average Bonchev–Trinajstić information content (AvgIpc) is 2.95. The number of hydrogen-bond donors (Lipinski definition) is 2. The van der Waals surface area contributed by atoms with E-state index >= 15 is 0 Å². The lowest BCUT2D eigenvalue weighted by Gasteiger charge is -2.06. The molecule has 7 nitrogen and oxygen atoms in total. The summed E-state index contributed by atoms with van der Waals surface area (Å²) in [6, 6.07) is 9.27. The summed E-state index contributed by atoms with van der Waals surface area (Å²) in [6.45, 7) is 3.78. The number of nitrogens with zero attached hydrogens (tertiary/aromatic N) is 3. The molecule has 0 aliphatic rings. The molecule has 1 amide bonds. The quantitative estimate of drug-likeness (QED) is 0.769. The molecule has 2 aromatic heterocycles. The molecule has 2 heterocycles. The van der Waals surface area contributed by atoms with Gasteiger partial charge in [-0.1, -0.05) is 22.9 Å². The number of aromatic nitrogens is 3. The molecule has 0 spiro atoms. The first-order valence-electron chi connectivity index (χ1n) is 7.00. The van der Waals surface area contributed by atoms with E-state index in [1.807, 2.05) is 31.2 Å². The lowest BCUT2D eigenvalue weighted by atomic mass is 10.2. The molecule has 0 aliphatic carbocycles. The number of anilines is 3.